The first-order chi connectivity index (χ1) is 13.4. The topological polar surface area (TPSA) is 108 Å². The minimum Gasteiger partial charge on any atom is -0.477 e. The van der Waals surface area contributed by atoms with Crippen LogP contribution in [0.15, 0.2) is 33.9 Å². The molecule has 0 aromatic carbocycles. The highest BCUT2D eigenvalue weighted by Gasteiger charge is 2.54. The van der Waals surface area contributed by atoms with Crippen LogP contribution in [0.2, 0.25) is 0 Å². The highest BCUT2D eigenvalue weighted by molar-refractivity contribution is 8.00. The Bertz CT molecular complexity index is 1030. The summed E-state index contributed by atoms with van der Waals surface area (Å²) in [6.07, 6.45) is 0. The van der Waals surface area contributed by atoms with Gasteiger partial charge in [-0.1, -0.05) is 5.16 Å². The van der Waals surface area contributed by atoms with Crippen LogP contribution in [0.4, 0.5) is 0 Å². The van der Waals surface area contributed by atoms with E-state index in [0.29, 0.717) is 16.2 Å². The number of carboxylic acid groups (broad SMARTS) is 1. The van der Waals surface area contributed by atoms with Gasteiger partial charge in [-0.05, 0) is 30.0 Å². The molecular formula is C17H15N3O5S3. The number of carbonyl (C=O) groups excluding carboxylic acids is 2. The molecule has 2 N–H and O–H groups in total. The van der Waals surface area contributed by atoms with Gasteiger partial charge < -0.3 is 15.3 Å². The Kier molecular flexibility index (Phi) is 4.89. The van der Waals surface area contributed by atoms with Crippen LogP contribution in [0.25, 0.3) is 9.40 Å². The Morgan fingerprint density at radius 2 is 2.18 bits per heavy atom. The first kappa shape index (κ1) is 19.0. The van der Waals surface area contributed by atoms with Crippen LogP contribution in [-0.4, -0.2) is 57.8 Å². The van der Waals surface area contributed by atoms with E-state index < -0.39 is 29.2 Å². The first-order valence-electron chi connectivity index (χ1n) is 8.19. The van der Waals surface area contributed by atoms with Crippen molar-refractivity contribution in [3.05, 3.63) is 33.7 Å². The van der Waals surface area contributed by atoms with Crippen LogP contribution in [0.3, 0.4) is 0 Å². The molecule has 1 fully saturated rings. The van der Waals surface area contributed by atoms with Crippen molar-refractivity contribution in [2.75, 3.05) is 12.9 Å². The number of fused-ring (bicyclic) bond motifs is 2. The highest BCUT2D eigenvalue weighted by Crippen LogP contribution is 2.40. The number of thioether (sulfide) groups is 1. The van der Waals surface area contributed by atoms with E-state index in [1.807, 2.05) is 17.5 Å². The number of nitrogens with one attached hydrogen (secondary N) is 1. The van der Waals surface area contributed by atoms with Gasteiger partial charge in [-0.3, -0.25) is 14.5 Å². The Hall–Kier alpha value is -2.37. The van der Waals surface area contributed by atoms with Crippen molar-refractivity contribution in [3.63, 3.8) is 0 Å². The first-order valence-corrected chi connectivity index (χ1v) is 10.9. The minimum absolute atomic E-state index is 0.00326. The molecule has 146 valence electrons. The molecular weight excluding hydrogens is 422 g/mol. The quantitative estimate of drug-likeness (QED) is 0.421. The van der Waals surface area contributed by atoms with Crippen molar-refractivity contribution in [1.82, 2.24) is 10.2 Å². The molecule has 4 rings (SSSR count). The van der Waals surface area contributed by atoms with Crippen molar-refractivity contribution in [2.24, 2.45) is 5.16 Å². The number of aliphatic carboxylic acids is 1. The van der Waals surface area contributed by atoms with E-state index in [2.05, 4.69) is 10.5 Å². The lowest BCUT2D eigenvalue weighted by Crippen LogP contribution is -2.71. The number of oxime groups is 1. The van der Waals surface area contributed by atoms with Crippen molar-refractivity contribution in [3.8, 4) is 0 Å². The van der Waals surface area contributed by atoms with E-state index in [1.165, 1.54) is 35.1 Å². The fourth-order valence-corrected chi connectivity index (χ4v) is 6.54. The zero-order chi connectivity index (χ0) is 20.0. The largest absolute Gasteiger partial charge is 0.477 e. The number of β-lactam (4-membered cyclic amide) rings is 1. The van der Waals surface area contributed by atoms with Crippen LogP contribution in [-0.2, 0) is 19.2 Å². The highest BCUT2D eigenvalue weighted by atomic mass is 32.2. The number of rotatable bonds is 5. The molecule has 0 radical (unpaired) electrons. The van der Waals surface area contributed by atoms with Crippen LogP contribution < -0.4 is 5.32 Å². The van der Waals surface area contributed by atoms with Gasteiger partial charge in [0.2, 0.25) is 0 Å². The molecule has 0 spiro atoms. The third-order valence-electron chi connectivity index (χ3n) is 4.42. The standard InChI is InChI=1S/C17H15N3O5S3/c1-7-6-27-16-12(15(22)20(16)13(7)17(23)24)18-14(21)11(19-25-2)10-5-9-8(28-10)3-4-26-9/h3-5,12,16H,6H2,1-2H3,(H,18,21)(H,23,24)/t12-,16-/m0/s1. The number of thiophene rings is 2. The van der Waals surface area contributed by atoms with Gasteiger partial charge in [0.1, 0.15) is 24.2 Å². The van der Waals surface area contributed by atoms with Crippen molar-refractivity contribution in [1.29, 1.82) is 0 Å². The lowest BCUT2D eigenvalue weighted by atomic mass is 10.0. The zero-order valence-corrected chi connectivity index (χ0v) is 17.2. The number of amides is 2. The summed E-state index contributed by atoms with van der Waals surface area (Å²) in [6, 6.07) is 3.02. The van der Waals surface area contributed by atoms with E-state index >= 15 is 0 Å². The van der Waals surface area contributed by atoms with E-state index in [4.69, 9.17) is 4.84 Å². The molecule has 0 saturated carbocycles. The number of carbonyl (C=O) groups is 3. The Labute approximate surface area is 171 Å². The normalized spacial score (nSPS) is 22.1. The summed E-state index contributed by atoms with van der Waals surface area (Å²) in [5.41, 5.74) is 0.726. The molecule has 4 heterocycles. The van der Waals surface area contributed by atoms with Crippen molar-refractivity contribution >= 4 is 67.3 Å². The predicted octanol–water partition coefficient (Wildman–Crippen LogP) is 2.07. The SMILES string of the molecule is CON=C(C(=O)N[C@H]1C(=O)N2C(C(=O)O)=C(C)CS[C@@H]12)c1cc2sccc2s1. The molecule has 8 nitrogen and oxygen atoms in total. The average molecular weight is 438 g/mol. The molecule has 2 aromatic rings. The van der Waals surface area contributed by atoms with Crippen LogP contribution in [0.5, 0.6) is 0 Å². The summed E-state index contributed by atoms with van der Waals surface area (Å²) in [6.45, 7) is 1.69. The fourth-order valence-electron chi connectivity index (χ4n) is 3.16. The van der Waals surface area contributed by atoms with Crippen LogP contribution in [0, 0.1) is 0 Å². The lowest BCUT2D eigenvalue weighted by molar-refractivity contribution is -0.150. The molecule has 1 saturated heterocycles. The average Bonchev–Trinajstić information content (AvgIpc) is 3.25. The molecule has 2 amide bonds. The maximum atomic E-state index is 12.8. The third kappa shape index (κ3) is 2.99. The number of hydrogen-bond acceptors (Lipinski definition) is 8. The Morgan fingerprint density at radius 3 is 2.86 bits per heavy atom. The van der Waals surface area contributed by atoms with E-state index in [9.17, 15) is 19.5 Å². The zero-order valence-electron chi connectivity index (χ0n) is 14.8. The number of carboxylic acids is 1. The van der Waals surface area contributed by atoms with Crippen molar-refractivity contribution < 1.29 is 24.3 Å². The second kappa shape index (κ2) is 7.22. The van der Waals surface area contributed by atoms with E-state index in [1.54, 1.807) is 18.3 Å². The second-order valence-electron chi connectivity index (χ2n) is 6.18. The van der Waals surface area contributed by atoms with E-state index in [-0.39, 0.29) is 11.4 Å². The maximum Gasteiger partial charge on any atom is 0.352 e. The Balaban J connectivity index is 1.55. The van der Waals surface area contributed by atoms with Gasteiger partial charge in [-0.15, -0.1) is 34.4 Å². The van der Waals surface area contributed by atoms with Gasteiger partial charge in [-0.25, -0.2) is 4.79 Å². The minimum atomic E-state index is -1.14. The summed E-state index contributed by atoms with van der Waals surface area (Å²) >= 11 is 4.40. The summed E-state index contributed by atoms with van der Waals surface area (Å²) in [4.78, 5) is 43.6. The summed E-state index contributed by atoms with van der Waals surface area (Å²) in [7, 11) is 1.35. The smallest absolute Gasteiger partial charge is 0.352 e. The molecule has 0 bridgehead atoms. The van der Waals surface area contributed by atoms with Gasteiger partial charge in [0.25, 0.3) is 11.8 Å². The van der Waals surface area contributed by atoms with Gasteiger partial charge in [0.15, 0.2) is 5.71 Å². The molecule has 2 aliphatic rings. The van der Waals surface area contributed by atoms with Crippen LogP contribution in [0.1, 0.15) is 11.8 Å². The monoisotopic (exact) mass is 437 g/mol. The summed E-state index contributed by atoms with van der Waals surface area (Å²) in [5, 5.41) is 17.5. The molecule has 2 aromatic heterocycles. The van der Waals surface area contributed by atoms with Gasteiger partial charge in [0, 0.05) is 15.2 Å². The number of nitrogens with zero attached hydrogens (tertiary/aromatic N) is 2. The summed E-state index contributed by atoms with van der Waals surface area (Å²) in [5.74, 6) is -1.62. The molecule has 11 heteroatoms. The Morgan fingerprint density at radius 1 is 1.39 bits per heavy atom. The predicted molar refractivity (Wildman–Crippen MR) is 109 cm³/mol. The number of hydrogen-bond donors (Lipinski definition) is 2. The third-order valence-corrected chi connectivity index (χ3v) is 7.94. The molecule has 2 atom stereocenters. The maximum absolute atomic E-state index is 12.8. The van der Waals surface area contributed by atoms with Gasteiger partial charge >= 0.3 is 5.97 Å². The van der Waals surface area contributed by atoms with Crippen molar-refractivity contribution in [2.45, 2.75) is 18.3 Å². The summed E-state index contributed by atoms with van der Waals surface area (Å²) < 4.78 is 2.08. The fraction of sp³-hybridized carbons (Fsp3) is 0.294. The molecule has 0 aliphatic carbocycles. The van der Waals surface area contributed by atoms with E-state index in [0.717, 1.165) is 9.40 Å². The molecule has 2 aliphatic heterocycles. The van der Waals surface area contributed by atoms with Gasteiger partial charge in [-0.2, -0.15) is 0 Å². The molecule has 28 heavy (non-hydrogen) atoms. The molecule has 0 unspecified atom stereocenters. The van der Waals surface area contributed by atoms with Crippen LogP contribution >= 0.6 is 34.4 Å². The second-order valence-corrected chi connectivity index (χ2v) is 9.31. The van der Waals surface area contributed by atoms with Gasteiger partial charge in [0.05, 0.1) is 4.88 Å². The lowest BCUT2D eigenvalue weighted by Gasteiger charge is -2.49.